The van der Waals surface area contributed by atoms with Crippen molar-refractivity contribution in [3.63, 3.8) is 0 Å². The molecule has 0 amide bonds. The minimum atomic E-state index is 0.632. The summed E-state index contributed by atoms with van der Waals surface area (Å²) in [7, 11) is 0. The van der Waals surface area contributed by atoms with E-state index in [0.29, 0.717) is 10.9 Å². The number of nitrogen functional groups attached to an aromatic ring is 1. The average molecular weight is 271 g/mol. The number of amidine groups is 2. The zero-order valence-electron chi connectivity index (χ0n) is 10.4. The average Bonchev–Trinajstić information content (AvgIpc) is 2.72. The number of rotatable bonds is 1. The Bertz CT molecular complexity index is 717. The monoisotopic (exact) mass is 270 g/mol. The van der Waals surface area contributed by atoms with Gasteiger partial charge in [-0.3, -0.25) is 0 Å². The molecule has 2 aromatic carbocycles. The van der Waals surface area contributed by atoms with Crippen LogP contribution in [0.4, 0.5) is 5.69 Å². The Kier molecular flexibility index (Phi) is 2.84. The third-order valence-corrected chi connectivity index (χ3v) is 3.53. The number of nitrogens with zero attached hydrogens (tertiary/aromatic N) is 1. The van der Waals surface area contributed by atoms with Gasteiger partial charge in [-0.2, -0.15) is 0 Å². The van der Waals surface area contributed by atoms with E-state index in [0.717, 1.165) is 28.2 Å². The van der Waals surface area contributed by atoms with Crippen LogP contribution in [0.2, 0.25) is 5.02 Å². The van der Waals surface area contributed by atoms with E-state index in [1.165, 1.54) is 0 Å². The van der Waals surface area contributed by atoms with E-state index in [-0.39, 0.29) is 0 Å². The van der Waals surface area contributed by atoms with Crippen molar-refractivity contribution >= 4 is 29.0 Å². The Morgan fingerprint density at radius 3 is 2.58 bits per heavy atom. The van der Waals surface area contributed by atoms with Crippen LogP contribution in [0.15, 0.2) is 47.5 Å². The molecule has 0 spiro atoms. The van der Waals surface area contributed by atoms with E-state index in [2.05, 4.69) is 9.98 Å². The van der Waals surface area contributed by atoms with E-state index in [9.17, 15) is 0 Å². The SMILES string of the molecule is Cc1ccc(N=C2[NH+]=C(N)c3ccccc32)cc1Cl. The van der Waals surface area contributed by atoms with Crippen molar-refractivity contribution < 1.29 is 4.99 Å². The van der Waals surface area contributed by atoms with Gasteiger partial charge in [0.15, 0.2) is 0 Å². The minimum absolute atomic E-state index is 0.632. The third-order valence-electron chi connectivity index (χ3n) is 3.12. The highest BCUT2D eigenvalue weighted by Gasteiger charge is 2.23. The number of halogens is 1. The fourth-order valence-corrected chi connectivity index (χ4v) is 2.23. The van der Waals surface area contributed by atoms with Crippen LogP contribution in [0.25, 0.3) is 0 Å². The molecular weight excluding hydrogens is 258 g/mol. The summed E-state index contributed by atoms with van der Waals surface area (Å²) < 4.78 is 0. The van der Waals surface area contributed by atoms with Gasteiger partial charge in [0.25, 0.3) is 5.84 Å². The van der Waals surface area contributed by atoms with E-state index in [4.69, 9.17) is 17.3 Å². The Hall–Kier alpha value is -2.13. The quantitative estimate of drug-likeness (QED) is 0.811. The number of nitrogens with one attached hydrogen (secondary N) is 1. The lowest BCUT2D eigenvalue weighted by molar-refractivity contribution is -0.311. The molecule has 19 heavy (non-hydrogen) atoms. The maximum atomic E-state index is 6.11. The largest absolute Gasteiger partial charge is 0.318 e. The molecule has 0 saturated heterocycles. The van der Waals surface area contributed by atoms with E-state index in [1.807, 2.05) is 49.4 Å². The number of fused-ring (bicyclic) bond motifs is 1. The predicted molar refractivity (Wildman–Crippen MR) is 78.1 cm³/mol. The lowest BCUT2D eigenvalue weighted by Gasteiger charge is -1.97. The van der Waals surface area contributed by atoms with Crippen molar-refractivity contribution in [1.29, 1.82) is 0 Å². The molecule has 1 heterocycles. The molecule has 2 aromatic rings. The first-order chi connectivity index (χ1) is 9.15. The zero-order valence-corrected chi connectivity index (χ0v) is 11.2. The smallest absolute Gasteiger partial charge is 0.269 e. The molecule has 1 aliphatic heterocycles. The minimum Gasteiger partial charge on any atom is -0.318 e. The van der Waals surface area contributed by atoms with Crippen molar-refractivity contribution in [1.82, 2.24) is 0 Å². The van der Waals surface area contributed by atoms with E-state index < -0.39 is 0 Å². The maximum absolute atomic E-state index is 6.11. The van der Waals surface area contributed by atoms with Crippen molar-refractivity contribution in [2.45, 2.75) is 6.92 Å². The van der Waals surface area contributed by atoms with Gasteiger partial charge in [0.1, 0.15) is 5.69 Å². The van der Waals surface area contributed by atoms with Crippen molar-refractivity contribution in [3.8, 4) is 0 Å². The van der Waals surface area contributed by atoms with Crippen LogP contribution < -0.4 is 10.7 Å². The Balaban J connectivity index is 2.08. The molecule has 3 nitrogen and oxygen atoms in total. The summed E-state index contributed by atoms with van der Waals surface area (Å²) in [6.45, 7) is 1.97. The first-order valence-corrected chi connectivity index (χ1v) is 6.37. The van der Waals surface area contributed by atoms with Gasteiger partial charge in [-0.1, -0.05) is 29.8 Å². The topological polar surface area (TPSA) is 52.3 Å². The summed E-state index contributed by atoms with van der Waals surface area (Å²) >= 11 is 6.11. The highest BCUT2D eigenvalue weighted by molar-refractivity contribution is 6.31. The van der Waals surface area contributed by atoms with Gasteiger partial charge < -0.3 is 5.73 Å². The van der Waals surface area contributed by atoms with Crippen LogP contribution in [0.3, 0.4) is 0 Å². The lowest BCUT2D eigenvalue weighted by atomic mass is 10.1. The molecule has 4 heteroatoms. The number of aliphatic imine (C=N–C) groups is 1. The first-order valence-electron chi connectivity index (χ1n) is 5.99. The molecule has 0 saturated carbocycles. The summed E-state index contributed by atoms with van der Waals surface area (Å²) in [6, 6.07) is 13.6. The molecule has 3 rings (SSSR count). The van der Waals surface area contributed by atoms with E-state index >= 15 is 0 Å². The molecule has 0 bridgehead atoms. The van der Waals surface area contributed by atoms with Gasteiger partial charge in [0.2, 0.25) is 5.84 Å². The fourth-order valence-electron chi connectivity index (χ4n) is 2.06. The number of nitrogens with two attached hydrogens (primary N) is 1. The van der Waals surface area contributed by atoms with Crippen molar-refractivity contribution in [2.75, 3.05) is 0 Å². The van der Waals surface area contributed by atoms with Gasteiger partial charge in [-0.15, -0.1) is 4.99 Å². The maximum Gasteiger partial charge on any atom is 0.269 e. The zero-order chi connectivity index (χ0) is 13.4. The van der Waals surface area contributed by atoms with Crippen LogP contribution in [-0.4, -0.2) is 11.7 Å². The van der Waals surface area contributed by atoms with Crippen LogP contribution in [0.1, 0.15) is 16.7 Å². The molecular formula is C15H13ClN3+. The molecule has 0 atom stereocenters. The molecule has 0 aromatic heterocycles. The molecule has 0 aliphatic carbocycles. The van der Waals surface area contributed by atoms with Gasteiger partial charge in [0, 0.05) is 5.02 Å². The Morgan fingerprint density at radius 2 is 1.84 bits per heavy atom. The molecule has 0 fully saturated rings. The van der Waals surface area contributed by atoms with Gasteiger partial charge in [-0.05, 0) is 36.8 Å². The Morgan fingerprint density at radius 1 is 1.11 bits per heavy atom. The highest BCUT2D eigenvalue weighted by atomic mass is 35.5. The molecule has 0 radical (unpaired) electrons. The second kappa shape index (κ2) is 4.52. The summed E-state index contributed by atoms with van der Waals surface area (Å²) in [4.78, 5) is 7.68. The molecule has 94 valence electrons. The third kappa shape index (κ3) is 2.13. The second-order valence-corrected chi connectivity index (χ2v) is 4.89. The van der Waals surface area contributed by atoms with Crippen molar-refractivity contribution in [3.05, 3.63) is 64.2 Å². The number of hydrogen-bond acceptors (Lipinski definition) is 2. The standard InChI is InChI=1S/C15H12ClN3/c1-9-6-7-10(8-13(9)16)18-15-12-5-3-2-4-11(12)14(17)19-15/h2-8H,1H3,(H2,17,18,19)/p+1. The second-order valence-electron chi connectivity index (χ2n) is 4.48. The number of hydrogen-bond donors (Lipinski definition) is 2. The van der Waals surface area contributed by atoms with Crippen LogP contribution in [0.5, 0.6) is 0 Å². The van der Waals surface area contributed by atoms with Crippen LogP contribution >= 0.6 is 11.6 Å². The summed E-state index contributed by atoms with van der Waals surface area (Å²) in [5.41, 5.74) is 9.79. The number of benzene rings is 2. The highest BCUT2D eigenvalue weighted by Crippen LogP contribution is 2.23. The van der Waals surface area contributed by atoms with E-state index in [1.54, 1.807) is 0 Å². The summed E-state index contributed by atoms with van der Waals surface area (Å²) in [5.74, 6) is 1.39. The predicted octanol–water partition coefficient (Wildman–Crippen LogP) is 1.53. The normalized spacial score (nSPS) is 15.5. The van der Waals surface area contributed by atoms with Gasteiger partial charge >= 0.3 is 0 Å². The molecule has 1 aliphatic rings. The lowest BCUT2D eigenvalue weighted by Crippen LogP contribution is -2.76. The van der Waals surface area contributed by atoms with Crippen LogP contribution in [0, 0.1) is 6.92 Å². The van der Waals surface area contributed by atoms with Crippen molar-refractivity contribution in [2.24, 2.45) is 10.7 Å². The summed E-state index contributed by atoms with van der Waals surface area (Å²) in [6.07, 6.45) is 0. The molecule has 0 unspecified atom stereocenters. The van der Waals surface area contributed by atoms with Gasteiger partial charge in [0.05, 0.1) is 11.1 Å². The summed E-state index contributed by atoms with van der Waals surface area (Å²) in [5, 5.41) is 0.713. The first kappa shape index (κ1) is 11.9. The van der Waals surface area contributed by atoms with Gasteiger partial charge in [-0.25, -0.2) is 4.99 Å². The fraction of sp³-hybridized carbons (Fsp3) is 0.0667. The Labute approximate surface area is 116 Å². The molecule has 3 N–H and O–H groups in total. The van der Waals surface area contributed by atoms with Crippen LogP contribution in [-0.2, 0) is 0 Å². The number of aryl methyl sites for hydroxylation is 1.